The van der Waals surface area contributed by atoms with Crippen molar-refractivity contribution in [2.24, 2.45) is 0 Å². The van der Waals surface area contributed by atoms with Crippen LogP contribution in [0.1, 0.15) is 18.4 Å². The quantitative estimate of drug-likeness (QED) is 0.846. The molecule has 0 unspecified atom stereocenters. The van der Waals surface area contributed by atoms with Crippen LogP contribution in [0.3, 0.4) is 0 Å². The lowest BCUT2D eigenvalue weighted by Gasteiger charge is -2.12. The Kier molecular flexibility index (Phi) is 5.19. The molecule has 1 aromatic carbocycles. The number of ether oxygens (including phenoxy) is 1. The normalized spacial score (nSPS) is 15.8. The molecule has 0 bridgehead atoms. The summed E-state index contributed by atoms with van der Waals surface area (Å²) in [7, 11) is 0. The van der Waals surface area contributed by atoms with Crippen molar-refractivity contribution in [3.63, 3.8) is 0 Å². The van der Waals surface area contributed by atoms with Gasteiger partial charge >= 0.3 is 0 Å². The maximum absolute atomic E-state index is 6.00. The van der Waals surface area contributed by atoms with E-state index in [4.69, 9.17) is 39.5 Å². The highest BCUT2D eigenvalue weighted by Gasteiger charge is 2.20. The van der Waals surface area contributed by atoms with Crippen molar-refractivity contribution >= 4 is 34.8 Å². The predicted molar refractivity (Wildman–Crippen MR) is 76.6 cm³/mol. The Hall–Kier alpha value is -0.410. The molecule has 0 radical (unpaired) electrons. The van der Waals surface area contributed by atoms with Gasteiger partial charge in [0.2, 0.25) is 0 Å². The Labute approximate surface area is 122 Å². The van der Waals surface area contributed by atoms with E-state index in [0.717, 1.165) is 17.9 Å². The third-order valence-corrected chi connectivity index (χ3v) is 3.49. The van der Waals surface area contributed by atoms with Gasteiger partial charge in [-0.1, -0.05) is 34.8 Å². The Morgan fingerprint density at radius 1 is 1.44 bits per heavy atom. The average molecular weight is 307 g/mol. The zero-order valence-electron chi connectivity index (χ0n) is 9.76. The summed E-state index contributed by atoms with van der Waals surface area (Å²) in [5.41, 5.74) is 2.34. The Balaban J connectivity index is 2.01. The molecule has 1 saturated carbocycles. The molecule has 2 rings (SSSR count). The smallest absolute Gasteiger partial charge is 0.125 e. The van der Waals surface area contributed by atoms with Gasteiger partial charge in [-0.25, -0.2) is 0 Å². The molecule has 1 aliphatic rings. The maximum atomic E-state index is 6.00. The van der Waals surface area contributed by atoms with Crippen LogP contribution in [-0.4, -0.2) is 12.6 Å². The molecule has 0 aromatic heterocycles. The van der Waals surface area contributed by atoms with Crippen LogP contribution < -0.4 is 10.1 Å². The second kappa shape index (κ2) is 6.67. The third kappa shape index (κ3) is 4.36. The van der Waals surface area contributed by atoms with E-state index in [1.807, 2.05) is 12.1 Å². The monoisotopic (exact) mass is 305 g/mol. The molecular formula is C13H14Cl3NO. The van der Waals surface area contributed by atoms with E-state index in [1.165, 1.54) is 18.4 Å². The van der Waals surface area contributed by atoms with Gasteiger partial charge in [0.1, 0.15) is 12.4 Å². The molecule has 1 fully saturated rings. The Morgan fingerprint density at radius 2 is 2.22 bits per heavy atom. The van der Waals surface area contributed by atoms with Gasteiger partial charge in [-0.15, -0.1) is 0 Å². The molecule has 0 amide bonds. The molecule has 0 atom stereocenters. The highest BCUT2D eigenvalue weighted by atomic mass is 35.5. The van der Waals surface area contributed by atoms with Gasteiger partial charge in [-0.2, -0.15) is 0 Å². The van der Waals surface area contributed by atoms with Gasteiger partial charge in [-0.05, 0) is 31.0 Å². The van der Waals surface area contributed by atoms with E-state index in [9.17, 15) is 0 Å². The summed E-state index contributed by atoms with van der Waals surface area (Å²) in [5.74, 6) is 0.782. The molecule has 1 aliphatic carbocycles. The molecule has 0 saturated heterocycles. The first-order chi connectivity index (χ1) is 8.69. The molecular weight excluding hydrogens is 293 g/mol. The average Bonchev–Trinajstić information content (AvgIpc) is 3.18. The van der Waals surface area contributed by atoms with E-state index < -0.39 is 0 Å². The lowest BCUT2D eigenvalue weighted by atomic mass is 10.2. The van der Waals surface area contributed by atoms with Gasteiger partial charge < -0.3 is 10.1 Å². The zero-order chi connectivity index (χ0) is 13.0. The molecule has 1 N–H and O–H groups in total. The van der Waals surface area contributed by atoms with Gasteiger partial charge in [0, 0.05) is 28.7 Å². The lowest BCUT2D eigenvalue weighted by molar-refractivity contribution is 0.354. The molecule has 0 heterocycles. The first-order valence-electron chi connectivity index (χ1n) is 5.78. The van der Waals surface area contributed by atoms with Crippen molar-refractivity contribution in [2.75, 3.05) is 6.61 Å². The number of hydrogen-bond acceptors (Lipinski definition) is 2. The summed E-state index contributed by atoms with van der Waals surface area (Å²) in [6.45, 7) is 1.02. The molecule has 0 aliphatic heterocycles. The number of rotatable bonds is 6. The molecule has 5 heteroatoms. The van der Waals surface area contributed by atoms with E-state index in [2.05, 4.69) is 5.32 Å². The van der Waals surface area contributed by atoms with Gasteiger partial charge in [0.05, 0.1) is 5.03 Å². The van der Waals surface area contributed by atoms with Crippen LogP contribution in [-0.2, 0) is 6.54 Å². The van der Waals surface area contributed by atoms with Crippen LogP contribution in [0.25, 0.3) is 0 Å². The van der Waals surface area contributed by atoms with Crippen LogP contribution in [0.4, 0.5) is 0 Å². The minimum absolute atomic E-state index is 0.267. The maximum Gasteiger partial charge on any atom is 0.125 e. The van der Waals surface area contributed by atoms with Crippen LogP contribution >= 0.6 is 34.8 Å². The van der Waals surface area contributed by atoms with E-state index in [1.54, 1.807) is 6.07 Å². The standard InChI is InChI=1S/C13H14Cl3NO/c14-6-11(16)8-18-13-4-1-10(15)5-9(13)7-17-12-2-3-12/h1,4-6,12,17H,2-3,7-8H2. The summed E-state index contributed by atoms with van der Waals surface area (Å²) in [6.07, 6.45) is 2.50. The number of halogens is 3. The second-order valence-corrected chi connectivity index (χ2v) is 5.39. The largest absolute Gasteiger partial charge is 0.488 e. The molecule has 18 heavy (non-hydrogen) atoms. The van der Waals surface area contributed by atoms with Crippen molar-refractivity contribution in [3.8, 4) is 5.75 Å². The SMILES string of the molecule is ClC=C(Cl)COc1ccc(Cl)cc1CNC1CC1. The van der Waals surface area contributed by atoms with Crippen molar-refractivity contribution in [1.82, 2.24) is 5.32 Å². The van der Waals surface area contributed by atoms with E-state index >= 15 is 0 Å². The van der Waals surface area contributed by atoms with Crippen LogP contribution in [0.5, 0.6) is 5.75 Å². The van der Waals surface area contributed by atoms with Crippen LogP contribution in [0.15, 0.2) is 28.8 Å². The fraction of sp³-hybridized carbons (Fsp3) is 0.385. The highest BCUT2D eigenvalue weighted by Crippen LogP contribution is 2.26. The third-order valence-electron chi connectivity index (χ3n) is 2.67. The number of nitrogens with one attached hydrogen (secondary N) is 1. The molecule has 2 nitrogen and oxygen atoms in total. The van der Waals surface area contributed by atoms with E-state index in [0.29, 0.717) is 16.1 Å². The zero-order valence-corrected chi connectivity index (χ0v) is 12.0. The molecule has 98 valence electrons. The van der Waals surface area contributed by atoms with Crippen LogP contribution in [0.2, 0.25) is 5.02 Å². The minimum atomic E-state index is 0.267. The van der Waals surface area contributed by atoms with Crippen molar-refractivity contribution < 1.29 is 4.74 Å². The summed E-state index contributed by atoms with van der Waals surface area (Å²) in [5, 5.41) is 4.60. The Bertz CT molecular complexity index is 444. The first kappa shape index (κ1) is 14.0. The van der Waals surface area contributed by atoms with Crippen LogP contribution in [0, 0.1) is 0 Å². The lowest BCUT2D eigenvalue weighted by Crippen LogP contribution is -2.16. The predicted octanol–water partition coefficient (Wildman–Crippen LogP) is 4.29. The number of hydrogen-bond donors (Lipinski definition) is 1. The van der Waals surface area contributed by atoms with Crippen molar-refractivity contribution in [3.05, 3.63) is 39.4 Å². The van der Waals surface area contributed by atoms with Crippen molar-refractivity contribution in [1.29, 1.82) is 0 Å². The summed E-state index contributed by atoms with van der Waals surface area (Å²) < 4.78 is 5.61. The highest BCUT2D eigenvalue weighted by molar-refractivity contribution is 6.36. The fourth-order valence-electron chi connectivity index (χ4n) is 1.55. The summed E-state index contributed by atoms with van der Waals surface area (Å²) in [6, 6.07) is 6.20. The van der Waals surface area contributed by atoms with Gasteiger partial charge in [-0.3, -0.25) is 0 Å². The minimum Gasteiger partial charge on any atom is -0.488 e. The topological polar surface area (TPSA) is 21.3 Å². The summed E-state index contributed by atoms with van der Waals surface area (Å²) >= 11 is 17.3. The number of benzene rings is 1. The molecule has 0 spiro atoms. The second-order valence-electron chi connectivity index (χ2n) is 4.25. The first-order valence-corrected chi connectivity index (χ1v) is 6.97. The fourth-order valence-corrected chi connectivity index (χ4v) is 1.86. The molecule has 1 aromatic rings. The van der Waals surface area contributed by atoms with Gasteiger partial charge in [0.25, 0.3) is 0 Å². The Morgan fingerprint density at radius 3 is 2.89 bits per heavy atom. The van der Waals surface area contributed by atoms with Gasteiger partial charge in [0.15, 0.2) is 0 Å². The van der Waals surface area contributed by atoms with E-state index in [-0.39, 0.29) is 6.61 Å². The van der Waals surface area contributed by atoms with Crippen molar-refractivity contribution in [2.45, 2.75) is 25.4 Å². The summed E-state index contributed by atoms with van der Waals surface area (Å²) in [4.78, 5) is 0.